The standard InChI is InChI=1S/C16H14F3NO/c1-10(20)11-4-2-5-12(8-11)15(21)13-6-3-7-14(9-13)16(17,18)19/h2-10H,20H2,1H3/t10-/m0/s1. The van der Waals surface area contributed by atoms with Gasteiger partial charge in [-0.3, -0.25) is 4.79 Å². The number of hydrogen-bond donors (Lipinski definition) is 1. The van der Waals surface area contributed by atoms with Crippen LogP contribution in [0.15, 0.2) is 48.5 Å². The van der Waals surface area contributed by atoms with E-state index in [1.165, 1.54) is 12.1 Å². The highest BCUT2D eigenvalue weighted by Crippen LogP contribution is 2.30. The van der Waals surface area contributed by atoms with Crippen LogP contribution in [-0.4, -0.2) is 5.78 Å². The Labute approximate surface area is 120 Å². The summed E-state index contributed by atoms with van der Waals surface area (Å²) in [5, 5.41) is 0. The molecule has 0 spiro atoms. The molecule has 0 aliphatic heterocycles. The van der Waals surface area contributed by atoms with Gasteiger partial charge >= 0.3 is 6.18 Å². The summed E-state index contributed by atoms with van der Waals surface area (Å²) < 4.78 is 38.0. The molecule has 0 heterocycles. The van der Waals surface area contributed by atoms with Gasteiger partial charge < -0.3 is 5.73 Å². The van der Waals surface area contributed by atoms with Crippen molar-refractivity contribution < 1.29 is 18.0 Å². The Balaban J connectivity index is 2.39. The van der Waals surface area contributed by atoms with Crippen molar-refractivity contribution in [2.24, 2.45) is 5.73 Å². The molecule has 2 nitrogen and oxygen atoms in total. The van der Waals surface area contributed by atoms with Gasteiger partial charge in [0.05, 0.1) is 5.56 Å². The van der Waals surface area contributed by atoms with Gasteiger partial charge in [-0.2, -0.15) is 13.2 Å². The average Bonchev–Trinajstić information content (AvgIpc) is 2.46. The largest absolute Gasteiger partial charge is 0.416 e. The molecule has 0 unspecified atom stereocenters. The van der Waals surface area contributed by atoms with E-state index in [9.17, 15) is 18.0 Å². The quantitative estimate of drug-likeness (QED) is 0.871. The van der Waals surface area contributed by atoms with Gasteiger partial charge in [0.2, 0.25) is 0 Å². The number of benzene rings is 2. The lowest BCUT2D eigenvalue weighted by molar-refractivity contribution is -0.137. The number of nitrogens with two attached hydrogens (primary N) is 1. The number of ketones is 1. The lowest BCUT2D eigenvalue weighted by atomic mass is 9.98. The number of halogens is 3. The van der Waals surface area contributed by atoms with E-state index in [4.69, 9.17) is 5.73 Å². The van der Waals surface area contributed by atoms with Crippen molar-refractivity contribution in [1.29, 1.82) is 0 Å². The molecule has 0 fully saturated rings. The molecular weight excluding hydrogens is 279 g/mol. The van der Waals surface area contributed by atoms with Gasteiger partial charge in [0.15, 0.2) is 5.78 Å². The maximum atomic E-state index is 12.7. The van der Waals surface area contributed by atoms with Crippen LogP contribution in [0.2, 0.25) is 0 Å². The van der Waals surface area contributed by atoms with Gasteiger partial charge in [0.25, 0.3) is 0 Å². The lowest BCUT2D eigenvalue weighted by Crippen LogP contribution is -2.09. The molecule has 0 aromatic heterocycles. The molecule has 2 aromatic rings. The van der Waals surface area contributed by atoms with Gasteiger partial charge in [-0.25, -0.2) is 0 Å². The van der Waals surface area contributed by atoms with Crippen LogP contribution in [0, 0.1) is 0 Å². The van der Waals surface area contributed by atoms with Crippen molar-refractivity contribution in [3.8, 4) is 0 Å². The summed E-state index contributed by atoms with van der Waals surface area (Å²) in [5.41, 5.74) is 5.99. The number of carbonyl (C=O) groups is 1. The minimum Gasteiger partial charge on any atom is -0.324 e. The monoisotopic (exact) mass is 293 g/mol. The summed E-state index contributed by atoms with van der Waals surface area (Å²) in [7, 11) is 0. The molecule has 21 heavy (non-hydrogen) atoms. The van der Waals surface area contributed by atoms with Crippen LogP contribution in [0.4, 0.5) is 13.2 Å². The first-order valence-corrected chi connectivity index (χ1v) is 6.36. The van der Waals surface area contributed by atoms with E-state index in [-0.39, 0.29) is 11.6 Å². The Morgan fingerprint density at radius 1 is 1.05 bits per heavy atom. The molecular formula is C16H14F3NO. The number of rotatable bonds is 3. The van der Waals surface area contributed by atoms with Crippen LogP contribution >= 0.6 is 0 Å². The lowest BCUT2D eigenvalue weighted by Gasteiger charge is -2.10. The molecule has 0 aliphatic carbocycles. The van der Waals surface area contributed by atoms with Gasteiger partial charge in [-0.05, 0) is 30.7 Å². The van der Waals surface area contributed by atoms with Gasteiger partial charge in [-0.1, -0.05) is 30.3 Å². The number of alkyl halides is 3. The topological polar surface area (TPSA) is 43.1 Å². The summed E-state index contributed by atoms with van der Waals surface area (Å²) in [6.45, 7) is 1.77. The molecule has 2 aromatic carbocycles. The van der Waals surface area contributed by atoms with E-state index in [2.05, 4.69) is 0 Å². The molecule has 2 N–H and O–H groups in total. The smallest absolute Gasteiger partial charge is 0.324 e. The van der Waals surface area contributed by atoms with Crippen molar-refractivity contribution >= 4 is 5.78 Å². The molecule has 0 amide bonds. The Kier molecular flexibility index (Phi) is 4.14. The van der Waals surface area contributed by atoms with Crippen molar-refractivity contribution in [3.63, 3.8) is 0 Å². The minimum absolute atomic E-state index is 0.00616. The molecule has 5 heteroatoms. The molecule has 0 saturated carbocycles. The van der Waals surface area contributed by atoms with E-state index in [0.717, 1.165) is 17.7 Å². The fraction of sp³-hybridized carbons (Fsp3) is 0.188. The van der Waals surface area contributed by atoms with E-state index in [1.54, 1.807) is 31.2 Å². The van der Waals surface area contributed by atoms with Crippen LogP contribution in [0.1, 0.15) is 40.0 Å². The number of carbonyl (C=O) groups excluding carboxylic acids is 1. The molecule has 2 rings (SSSR count). The third-order valence-electron chi connectivity index (χ3n) is 3.13. The van der Waals surface area contributed by atoms with Crippen LogP contribution in [0.3, 0.4) is 0 Å². The minimum atomic E-state index is -4.47. The highest BCUT2D eigenvalue weighted by molar-refractivity contribution is 6.09. The predicted octanol–water partition coefficient (Wildman–Crippen LogP) is 3.96. The van der Waals surface area contributed by atoms with Crippen molar-refractivity contribution in [3.05, 3.63) is 70.8 Å². The van der Waals surface area contributed by atoms with Crippen molar-refractivity contribution in [2.75, 3.05) is 0 Å². The highest BCUT2D eigenvalue weighted by atomic mass is 19.4. The second kappa shape index (κ2) is 5.69. The summed E-state index contributed by atoms with van der Waals surface area (Å²) in [4.78, 5) is 12.3. The normalized spacial score (nSPS) is 13.0. The number of hydrogen-bond acceptors (Lipinski definition) is 2. The van der Waals surface area contributed by atoms with E-state index < -0.39 is 17.5 Å². The maximum absolute atomic E-state index is 12.7. The van der Waals surface area contributed by atoms with Crippen molar-refractivity contribution in [1.82, 2.24) is 0 Å². The highest BCUT2D eigenvalue weighted by Gasteiger charge is 2.30. The fourth-order valence-corrected chi connectivity index (χ4v) is 1.97. The van der Waals surface area contributed by atoms with Gasteiger partial charge in [-0.15, -0.1) is 0 Å². The van der Waals surface area contributed by atoms with E-state index in [0.29, 0.717) is 5.56 Å². The second-order valence-electron chi connectivity index (χ2n) is 4.82. The fourth-order valence-electron chi connectivity index (χ4n) is 1.97. The van der Waals surface area contributed by atoms with E-state index >= 15 is 0 Å². The molecule has 0 aliphatic rings. The maximum Gasteiger partial charge on any atom is 0.416 e. The first kappa shape index (κ1) is 15.3. The van der Waals surface area contributed by atoms with E-state index in [1.807, 2.05) is 0 Å². The average molecular weight is 293 g/mol. The Bertz CT molecular complexity index is 663. The second-order valence-corrected chi connectivity index (χ2v) is 4.82. The zero-order valence-corrected chi connectivity index (χ0v) is 11.3. The van der Waals surface area contributed by atoms with Gasteiger partial charge in [0.1, 0.15) is 0 Å². The first-order valence-electron chi connectivity index (χ1n) is 6.36. The molecule has 1 atom stereocenters. The Morgan fingerprint density at radius 3 is 2.19 bits per heavy atom. The third-order valence-corrected chi connectivity index (χ3v) is 3.13. The van der Waals surface area contributed by atoms with Gasteiger partial charge in [0, 0.05) is 17.2 Å². The third kappa shape index (κ3) is 3.49. The summed E-state index contributed by atoms with van der Waals surface area (Å²) >= 11 is 0. The molecule has 110 valence electrons. The zero-order valence-electron chi connectivity index (χ0n) is 11.3. The SMILES string of the molecule is C[C@H](N)c1cccc(C(=O)c2cccc(C(F)(F)F)c2)c1. The van der Waals surface area contributed by atoms with Crippen molar-refractivity contribution in [2.45, 2.75) is 19.1 Å². The van der Waals surface area contributed by atoms with Crippen LogP contribution < -0.4 is 5.73 Å². The summed E-state index contributed by atoms with van der Waals surface area (Å²) in [6.07, 6.45) is -4.47. The Hall–Kier alpha value is -2.14. The molecule has 0 saturated heterocycles. The molecule has 0 radical (unpaired) electrons. The zero-order chi connectivity index (χ0) is 15.6. The van der Waals surface area contributed by atoms with Crippen LogP contribution in [-0.2, 0) is 6.18 Å². The van der Waals surface area contributed by atoms with Crippen LogP contribution in [0.5, 0.6) is 0 Å². The summed E-state index contributed by atoms with van der Waals surface area (Å²) in [6, 6.07) is 10.8. The Morgan fingerprint density at radius 2 is 1.62 bits per heavy atom. The predicted molar refractivity (Wildman–Crippen MR) is 73.9 cm³/mol. The molecule has 0 bridgehead atoms. The van der Waals surface area contributed by atoms with Crippen LogP contribution in [0.25, 0.3) is 0 Å². The first-order chi connectivity index (χ1) is 9.79. The summed E-state index contributed by atoms with van der Waals surface area (Å²) in [5.74, 6) is -0.455.